The van der Waals surface area contributed by atoms with Crippen molar-refractivity contribution in [1.29, 1.82) is 0 Å². The summed E-state index contributed by atoms with van der Waals surface area (Å²) in [6.45, 7) is 1.51. The Morgan fingerprint density at radius 2 is 2.00 bits per heavy atom. The van der Waals surface area contributed by atoms with Gasteiger partial charge in [0.15, 0.2) is 0 Å². The standard InChI is InChI=1S/C11H18N4O2/c1-6-9(12)14-11(7-2-3-7)15-10(6)13-8(4-16)5-17/h7-8,16-17H,2-5H2,1H3,(H3,12,13,14,15). The number of rotatable bonds is 5. The zero-order chi connectivity index (χ0) is 12.4. The van der Waals surface area contributed by atoms with Crippen LogP contribution in [-0.2, 0) is 0 Å². The Morgan fingerprint density at radius 3 is 2.53 bits per heavy atom. The maximum atomic E-state index is 9.04. The SMILES string of the molecule is Cc1c(N)nc(C2CC2)nc1NC(CO)CO. The maximum Gasteiger partial charge on any atom is 0.136 e. The van der Waals surface area contributed by atoms with Gasteiger partial charge in [0.05, 0.1) is 19.3 Å². The summed E-state index contributed by atoms with van der Waals surface area (Å²) in [5, 5.41) is 21.1. The first-order chi connectivity index (χ1) is 8.15. The van der Waals surface area contributed by atoms with Crippen LogP contribution in [0.5, 0.6) is 0 Å². The molecule has 6 heteroatoms. The fourth-order valence-electron chi connectivity index (χ4n) is 1.56. The third-order valence-electron chi connectivity index (χ3n) is 2.92. The molecule has 0 saturated heterocycles. The molecule has 1 aliphatic rings. The van der Waals surface area contributed by atoms with Gasteiger partial charge < -0.3 is 21.3 Å². The van der Waals surface area contributed by atoms with E-state index >= 15 is 0 Å². The Morgan fingerprint density at radius 1 is 1.35 bits per heavy atom. The van der Waals surface area contributed by atoms with E-state index in [0.717, 1.165) is 24.2 Å². The first kappa shape index (κ1) is 12.1. The summed E-state index contributed by atoms with van der Waals surface area (Å²) in [6.07, 6.45) is 2.21. The third-order valence-corrected chi connectivity index (χ3v) is 2.92. The molecule has 1 heterocycles. The molecule has 1 saturated carbocycles. The summed E-state index contributed by atoms with van der Waals surface area (Å²) in [6, 6.07) is -0.421. The summed E-state index contributed by atoms with van der Waals surface area (Å²) < 4.78 is 0. The number of hydrogen-bond acceptors (Lipinski definition) is 6. The van der Waals surface area contributed by atoms with Gasteiger partial charge in [-0.1, -0.05) is 0 Å². The molecule has 0 radical (unpaired) electrons. The van der Waals surface area contributed by atoms with Crippen LogP contribution in [0.15, 0.2) is 0 Å². The van der Waals surface area contributed by atoms with Crippen molar-refractivity contribution in [2.45, 2.75) is 31.7 Å². The number of aromatic nitrogens is 2. The average molecular weight is 238 g/mol. The van der Waals surface area contributed by atoms with E-state index in [0.29, 0.717) is 17.6 Å². The van der Waals surface area contributed by atoms with Crippen molar-refractivity contribution >= 4 is 11.6 Å². The summed E-state index contributed by atoms with van der Waals surface area (Å²) >= 11 is 0. The zero-order valence-electron chi connectivity index (χ0n) is 9.85. The van der Waals surface area contributed by atoms with Crippen molar-refractivity contribution in [3.8, 4) is 0 Å². The van der Waals surface area contributed by atoms with E-state index in [-0.39, 0.29) is 13.2 Å². The van der Waals surface area contributed by atoms with Crippen molar-refractivity contribution in [2.75, 3.05) is 24.3 Å². The number of aliphatic hydroxyl groups excluding tert-OH is 2. The highest BCUT2D eigenvalue weighted by atomic mass is 16.3. The number of nitrogens with two attached hydrogens (primary N) is 1. The maximum absolute atomic E-state index is 9.04. The van der Waals surface area contributed by atoms with Gasteiger partial charge in [0.25, 0.3) is 0 Å². The quantitative estimate of drug-likeness (QED) is 0.576. The predicted octanol–water partition coefficient (Wildman–Crippen LogP) is 0.00972. The molecule has 1 aromatic heterocycles. The Kier molecular flexibility index (Phi) is 3.44. The number of aliphatic hydroxyl groups is 2. The van der Waals surface area contributed by atoms with E-state index in [4.69, 9.17) is 15.9 Å². The second kappa shape index (κ2) is 4.85. The highest BCUT2D eigenvalue weighted by Gasteiger charge is 2.28. The molecule has 1 aromatic rings. The topological polar surface area (TPSA) is 104 Å². The molecule has 6 nitrogen and oxygen atoms in total. The van der Waals surface area contributed by atoms with Crippen LogP contribution < -0.4 is 11.1 Å². The number of nitrogen functional groups attached to an aromatic ring is 1. The summed E-state index contributed by atoms with van der Waals surface area (Å²) in [5.41, 5.74) is 6.58. The van der Waals surface area contributed by atoms with Crippen LogP contribution in [0.4, 0.5) is 11.6 Å². The molecule has 1 aliphatic carbocycles. The molecular weight excluding hydrogens is 220 g/mol. The minimum absolute atomic E-state index is 0.154. The fraction of sp³-hybridized carbons (Fsp3) is 0.636. The second-order valence-electron chi connectivity index (χ2n) is 4.42. The van der Waals surface area contributed by atoms with Crippen molar-refractivity contribution < 1.29 is 10.2 Å². The summed E-state index contributed by atoms with van der Waals surface area (Å²) in [4.78, 5) is 8.66. The Labute approximate surface area is 99.9 Å². The lowest BCUT2D eigenvalue weighted by Gasteiger charge is -2.17. The largest absolute Gasteiger partial charge is 0.394 e. The molecule has 0 spiro atoms. The molecule has 2 rings (SSSR count). The minimum atomic E-state index is -0.421. The number of nitrogens with zero attached hydrogens (tertiary/aromatic N) is 2. The lowest BCUT2D eigenvalue weighted by atomic mass is 10.2. The van der Waals surface area contributed by atoms with Gasteiger partial charge in [-0.15, -0.1) is 0 Å². The van der Waals surface area contributed by atoms with Gasteiger partial charge in [-0.25, -0.2) is 9.97 Å². The summed E-state index contributed by atoms with van der Waals surface area (Å²) in [7, 11) is 0. The summed E-state index contributed by atoms with van der Waals surface area (Å²) in [5.74, 6) is 2.23. The first-order valence-corrected chi connectivity index (χ1v) is 5.78. The molecular formula is C11H18N4O2. The first-order valence-electron chi connectivity index (χ1n) is 5.78. The number of hydrogen-bond donors (Lipinski definition) is 4. The van der Waals surface area contributed by atoms with Gasteiger partial charge in [0, 0.05) is 11.5 Å². The van der Waals surface area contributed by atoms with Crippen LogP contribution in [-0.4, -0.2) is 39.4 Å². The molecule has 5 N–H and O–H groups in total. The van der Waals surface area contributed by atoms with Crippen LogP contribution in [0.2, 0.25) is 0 Å². The Balaban J connectivity index is 2.24. The van der Waals surface area contributed by atoms with Crippen molar-refractivity contribution in [3.63, 3.8) is 0 Å². The lowest BCUT2D eigenvalue weighted by Crippen LogP contribution is -2.29. The van der Waals surface area contributed by atoms with Crippen molar-refractivity contribution in [2.24, 2.45) is 0 Å². The van der Waals surface area contributed by atoms with Crippen molar-refractivity contribution in [3.05, 3.63) is 11.4 Å². The van der Waals surface area contributed by atoms with Gasteiger partial charge >= 0.3 is 0 Å². The van der Waals surface area contributed by atoms with Gasteiger partial charge in [-0.05, 0) is 19.8 Å². The molecule has 0 amide bonds. The van der Waals surface area contributed by atoms with Gasteiger partial charge in [-0.2, -0.15) is 0 Å². The van der Waals surface area contributed by atoms with E-state index in [1.54, 1.807) is 0 Å². The van der Waals surface area contributed by atoms with Crippen LogP contribution in [0, 0.1) is 6.92 Å². The highest BCUT2D eigenvalue weighted by Crippen LogP contribution is 2.39. The normalized spacial score (nSPS) is 15.3. The molecule has 94 valence electrons. The second-order valence-corrected chi connectivity index (χ2v) is 4.42. The Bertz CT molecular complexity index is 403. The molecule has 17 heavy (non-hydrogen) atoms. The van der Waals surface area contributed by atoms with Crippen LogP contribution in [0.1, 0.15) is 30.1 Å². The van der Waals surface area contributed by atoms with E-state index in [9.17, 15) is 0 Å². The van der Waals surface area contributed by atoms with Crippen LogP contribution >= 0.6 is 0 Å². The zero-order valence-corrected chi connectivity index (χ0v) is 9.85. The molecule has 1 fully saturated rings. The van der Waals surface area contributed by atoms with E-state index in [1.165, 1.54) is 0 Å². The number of anilines is 2. The minimum Gasteiger partial charge on any atom is -0.394 e. The molecule has 0 atom stereocenters. The monoisotopic (exact) mass is 238 g/mol. The number of nitrogens with one attached hydrogen (secondary N) is 1. The van der Waals surface area contributed by atoms with E-state index < -0.39 is 6.04 Å². The molecule has 0 bridgehead atoms. The predicted molar refractivity (Wildman–Crippen MR) is 64.7 cm³/mol. The molecule has 0 unspecified atom stereocenters. The average Bonchev–Trinajstić information content (AvgIpc) is 3.15. The van der Waals surface area contributed by atoms with Crippen LogP contribution in [0.3, 0.4) is 0 Å². The molecule has 0 aromatic carbocycles. The highest BCUT2D eigenvalue weighted by molar-refractivity contribution is 5.55. The van der Waals surface area contributed by atoms with Crippen molar-refractivity contribution in [1.82, 2.24) is 9.97 Å². The van der Waals surface area contributed by atoms with Crippen LogP contribution in [0.25, 0.3) is 0 Å². The fourth-order valence-corrected chi connectivity index (χ4v) is 1.56. The van der Waals surface area contributed by atoms with E-state index in [2.05, 4.69) is 15.3 Å². The van der Waals surface area contributed by atoms with Gasteiger partial charge in [-0.3, -0.25) is 0 Å². The van der Waals surface area contributed by atoms with Gasteiger partial charge in [0.2, 0.25) is 0 Å². The third kappa shape index (κ3) is 2.65. The Hall–Kier alpha value is -1.40. The van der Waals surface area contributed by atoms with E-state index in [1.807, 2.05) is 6.92 Å². The molecule has 0 aliphatic heterocycles. The lowest BCUT2D eigenvalue weighted by molar-refractivity contribution is 0.203. The smallest absolute Gasteiger partial charge is 0.136 e. The van der Waals surface area contributed by atoms with Gasteiger partial charge in [0.1, 0.15) is 17.5 Å².